The van der Waals surface area contributed by atoms with Gasteiger partial charge in [0.2, 0.25) is 0 Å². The first-order chi connectivity index (χ1) is 7.83. The third-order valence-corrected chi connectivity index (χ3v) is 2.76. The van der Waals surface area contributed by atoms with E-state index >= 15 is 0 Å². The maximum absolute atomic E-state index is 9.21. The molecule has 3 heteroatoms. The topological polar surface area (TPSA) is 35.8 Å². The Morgan fingerprint density at radius 3 is 2.56 bits per heavy atom. The van der Waals surface area contributed by atoms with Gasteiger partial charge in [0.25, 0.3) is 0 Å². The van der Waals surface area contributed by atoms with Gasteiger partial charge in [0.1, 0.15) is 6.07 Å². The summed E-state index contributed by atoms with van der Waals surface area (Å²) >= 11 is 3.41. The first kappa shape index (κ1) is 12.8. The third kappa shape index (κ3) is 3.39. The first-order valence-corrected chi connectivity index (χ1v) is 6.44. The molecule has 0 aliphatic heterocycles. The largest absolute Gasteiger partial charge is 0.387 e. The zero-order valence-electron chi connectivity index (χ0n) is 9.33. The Morgan fingerprint density at radius 2 is 2.06 bits per heavy atom. The van der Waals surface area contributed by atoms with Crippen LogP contribution in [0.15, 0.2) is 36.0 Å². The maximum Gasteiger partial charge on any atom is 0.102 e. The maximum atomic E-state index is 9.21. The molecule has 0 radical (unpaired) electrons. The van der Waals surface area contributed by atoms with E-state index in [2.05, 4.69) is 34.2 Å². The van der Waals surface area contributed by atoms with Gasteiger partial charge >= 0.3 is 0 Å². The number of hydrogen-bond donors (Lipinski definition) is 1. The lowest BCUT2D eigenvalue weighted by Crippen LogP contribution is -2.16. The Kier molecular flexibility index (Phi) is 5.66. The van der Waals surface area contributed by atoms with Crippen molar-refractivity contribution in [3.8, 4) is 6.07 Å². The molecule has 0 atom stereocenters. The van der Waals surface area contributed by atoms with Crippen LogP contribution in [0.25, 0.3) is 5.57 Å². The summed E-state index contributed by atoms with van der Waals surface area (Å²) in [4.78, 5) is 0. The van der Waals surface area contributed by atoms with E-state index < -0.39 is 0 Å². The van der Waals surface area contributed by atoms with Gasteiger partial charge in [-0.2, -0.15) is 5.26 Å². The number of nitriles is 1. The van der Waals surface area contributed by atoms with Crippen molar-refractivity contribution in [3.05, 3.63) is 41.6 Å². The minimum atomic E-state index is 0.671. The molecule has 1 rings (SSSR count). The average molecular weight is 279 g/mol. The highest BCUT2D eigenvalue weighted by Gasteiger charge is 2.06. The van der Waals surface area contributed by atoms with Crippen LogP contribution in [0, 0.1) is 11.3 Å². The fraction of sp³-hybridized carbons (Fsp3) is 0.308. The Labute approximate surface area is 105 Å². The molecule has 0 amide bonds. The molecule has 2 nitrogen and oxygen atoms in total. The van der Waals surface area contributed by atoms with Crippen LogP contribution in [0.4, 0.5) is 0 Å². The number of alkyl halides is 1. The van der Waals surface area contributed by atoms with Crippen molar-refractivity contribution < 1.29 is 0 Å². The second kappa shape index (κ2) is 7.08. The number of rotatable bonds is 5. The van der Waals surface area contributed by atoms with Crippen molar-refractivity contribution in [1.29, 1.82) is 5.26 Å². The average Bonchev–Trinajstić information content (AvgIpc) is 2.35. The van der Waals surface area contributed by atoms with Gasteiger partial charge in [-0.15, -0.1) is 0 Å². The van der Waals surface area contributed by atoms with E-state index in [1.54, 1.807) is 0 Å². The molecular weight excluding hydrogens is 264 g/mol. The molecule has 0 unspecified atom stereocenters. The van der Waals surface area contributed by atoms with E-state index in [0.717, 1.165) is 24.2 Å². The van der Waals surface area contributed by atoms with Crippen LogP contribution >= 0.6 is 15.9 Å². The van der Waals surface area contributed by atoms with E-state index in [0.29, 0.717) is 10.9 Å². The summed E-state index contributed by atoms with van der Waals surface area (Å²) in [7, 11) is 0. The quantitative estimate of drug-likeness (QED) is 0.663. The molecule has 0 aliphatic rings. The van der Waals surface area contributed by atoms with Gasteiger partial charge in [-0.1, -0.05) is 53.2 Å². The van der Waals surface area contributed by atoms with Crippen LogP contribution < -0.4 is 5.32 Å². The van der Waals surface area contributed by atoms with Crippen molar-refractivity contribution in [3.63, 3.8) is 0 Å². The van der Waals surface area contributed by atoms with E-state index in [1.807, 2.05) is 30.3 Å². The van der Waals surface area contributed by atoms with Crippen LogP contribution in [0.5, 0.6) is 0 Å². The minimum absolute atomic E-state index is 0.671. The zero-order chi connectivity index (χ0) is 11.8. The van der Waals surface area contributed by atoms with Crippen molar-refractivity contribution in [2.45, 2.75) is 13.3 Å². The monoisotopic (exact) mass is 278 g/mol. The van der Waals surface area contributed by atoms with Gasteiger partial charge < -0.3 is 5.32 Å². The number of halogens is 1. The molecule has 0 fully saturated rings. The van der Waals surface area contributed by atoms with Crippen molar-refractivity contribution in [1.82, 2.24) is 5.32 Å². The molecule has 0 aliphatic carbocycles. The van der Waals surface area contributed by atoms with Gasteiger partial charge in [0, 0.05) is 17.6 Å². The van der Waals surface area contributed by atoms with Crippen LogP contribution in [0.1, 0.15) is 18.9 Å². The molecule has 1 N–H and O–H groups in total. The summed E-state index contributed by atoms with van der Waals surface area (Å²) in [6.07, 6.45) is 1.05. The highest BCUT2D eigenvalue weighted by molar-refractivity contribution is 9.09. The number of allylic oxidation sites excluding steroid dienone is 2. The molecular formula is C13H15BrN2. The summed E-state index contributed by atoms with van der Waals surface area (Å²) in [6.45, 7) is 2.99. The van der Waals surface area contributed by atoms with E-state index in [-0.39, 0.29) is 0 Å². The summed E-state index contributed by atoms with van der Waals surface area (Å²) in [6, 6.07) is 12.0. The molecule has 16 heavy (non-hydrogen) atoms. The number of nitrogens with one attached hydrogen (secondary N) is 1. The standard InChI is InChI=1S/C13H15BrN2/c1-2-8-16-13(9-14)12(10-15)11-6-4-3-5-7-11/h3-7,16H,2,8-9H2,1H3/b13-12-. The van der Waals surface area contributed by atoms with E-state index in [1.165, 1.54) is 0 Å². The molecule has 0 bridgehead atoms. The lowest BCUT2D eigenvalue weighted by molar-refractivity contribution is 0.775. The fourth-order valence-electron chi connectivity index (χ4n) is 1.39. The summed E-state index contributed by atoms with van der Waals surface area (Å²) in [5.41, 5.74) is 2.63. The smallest absolute Gasteiger partial charge is 0.102 e. The van der Waals surface area contributed by atoms with Gasteiger partial charge in [0.05, 0.1) is 5.57 Å². The van der Waals surface area contributed by atoms with E-state index in [4.69, 9.17) is 0 Å². The van der Waals surface area contributed by atoms with Crippen molar-refractivity contribution in [2.24, 2.45) is 0 Å². The SMILES string of the molecule is CCCN/C(CBr)=C(/C#N)c1ccccc1. The number of benzene rings is 1. The summed E-state index contributed by atoms with van der Waals surface area (Å²) < 4.78 is 0. The number of hydrogen-bond acceptors (Lipinski definition) is 2. The Balaban J connectivity index is 3.03. The van der Waals surface area contributed by atoms with Gasteiger partial charge in [0.15, 0.2) is 0 Å². The molecule has 1 aromatic rings. The van der Waals surface area contributed by atoms with Crippen LogP contribution in [-0.4, -0.2) is 11.9 Å². The second-order valence-electron chi connectivity index (χ2n) is 3.39. The molecule has 0 saturated heterocycles. The Bertz CT molecular complexity index is 390. The Morgan fingerprint density at radius 1 is 1.38 bits per heavy atom. The predicted molar refractivity (Wildman–Crippen MR) is 71.1 cm³/mol. The highest BCUT2D eigenvalue weighted by atomic mass is 79.9. The normalized spacial score (nSPS) is 11.6. The van der Waals surface area contributed by atoms with Crippen LogP contribution in [-0.2, 0) is 0 Å². The fourth-order valence-corrected chi connectivity index (χ4v) is 1.87. The molecule has 1 aromatic carbocycles. The highest BCUT2D eigenvalue weighted by Crippen LogP contribution is 2.17. The third-order valence-electron chi connectivity index (χ3n) is 2.20. The molecule has 0 saturated carbocycles. The lowest BCUT2D eigenvalue weighted by atomic mass is 10.1. The molecule has 0 aromatic heterocycles. The van der Waals surface area contributed by atoms with Crippen molar-refractivity contribution >= 4 is 21.5 Å². The van der Waals surface area contributed by atoms with Crippen molar-refractivity contribution in [2.75, 3.05) is 11.9 Å². The molecule has 0 spiro atoms. The molecule has 0 heterocycles. The van der Waals surface area contributed by atoms with Crippen LogP contribution in [0.3, 0.4) is 0 Å². The van der Waals surface area contributed by atoms with E-state index in [9.17, 15) is 5.26 Å². The molecule has 84 valence electrons. The second-order valence-corrected chi connectivity index (χ2v) is 3.95. The number of nitrogens with zero attached hydrogens (tertiary/aromatic N) is 1. The van der Waals surface area contributed by atoms with Crippen LogP contribution in [0.2, 0.25) is 0 Å². The summed E-state index contributed by atoms with van der Waals surface area (Å²) in [5.74, 6) is 0. The summed E-state index contributed by atoms with van der Waals surface area (Å²) in [5, 5.41) is 13.2. The zero-order valence-corrected chi connectivity index (χ0v) is 10.9. The lowest BCUT2D eigenvalue weighted by Gasteiger charge is -2.10. The predicted octanol–water partition coefficient (Wildman–Crippen LogP) is 3.32. The Hall–Kier alpha value is -1.27. The van der Waals surface area contributed by atoms with Gasteiger partial charge in [-0.05, 0) is 12.0 Å². The van der Waals surface area contributed by atoms with Gasteiger partial charge in [-0.25, -0.2) is 0 Å². The van der Waals surface area contributed by atoms with Gasteiger partial charge in [-0.3, -0.25) is 0 Å². The minimum Gasteiger partial charge on any atom is -0.387 e. The first-order valence-electron chi connectivity index (χ1n) is 5.32.